The smallest absolute Gasteiger partial charge is 0.167 e. The monoisotopic (exact) mass is 242 g/mol. The first kappa shape index (κ1) is 14.7. The van der Waals surface area contributed by atoms with Gasteiger partial charge in [0.05, 0.1) is 17.1 Å². The number of hydrogen-bond donors (Lipinski definition) is 0. The molecule has 100 valence electrons. The lowest BCUT2D eigenvalue weighted by Crippen LogP contribution is -2.39. The molecule has 3 nitrogen and oxygen atoms in total. The van der Waals surface area contributed by atoms with Gasteiger partial charge in [-0.25, -0.2) is 0 Å². The van der Waals surface area contributed by atoms with Crippen molar-refractivity contribution in [2.75, 3.05) is 6.61 Å². The topological polar surface area (TPSA) is 35.5 Å². The number of rotatable bonds is 5. The lowest BCUT2D eigenvalue weighted by molar-refractivity contribution is -0.140. The molecular formula is C14H26O3. The molecule has 1 saturated heterocycles. The van der Waals surface area contributed by atoms with Crippen LogP contribution >= 0.6 is 0 Å². The molecule has 0 bridgehead atoms. The van der Waals surface area contributed by atoms with Gasteiger partial charge in [-0.2, -0.15) is 0 Å². The molecule has 1 fully saturated rings. The Kier molecular flexibility index (Phi) is 4.37. The highest BCUT2D eigenvalue weighted by molar-refractivity contribution is 5.86. The van der Waals surface area contributed by atoms with Gasteiger partial charge < -0.3 is 9.47 Å². The van der Waals surface area contributed by atoms with Gasteiger partial charge in [0.15, 0.2) is 5.78 Å². The third-order valence-electron chi connectivity index (χ3n) is 3.47. The molecule has 0 N–H and O–H groups in total. The van der Waals surface area contributed by atoms with Crippen LogP contribution in [0, 0.1) is 5.92 Å². The summed E-state index contributed by atoms with van der Waals surface area (Å²) in [6.45, 7) is 12.6. The second-order valence-electron chi connectivity index (χ2n) is 5.98. The summed E-state index contributed by atoms with van der Waals surface area (Å²) < 4.78 is 11.5. The number of carbonyl (C=O) groups is 1. The Bertz CT molecular complexity index is 281. The second-order valence-corrected chi connectivity index (χ2v) is 5.98. The standard InChI is InChI=1S/C14H26O3/c1-7-11(16-8-2)12(15)10-9-13(3,4)17-14(10,5)6/h10-11H,7-9H2,1-6H3. The molecule has 0 aliphatic carbocycles. The molecule has 1 aliphatic rings. The van der Waals surface area contributed by atoms with Crippen molar-refractivity contribution in [1.82, 2.24) is 0 Å². The lowest BCUT2D eigenvalue weighted by Gasteiger charge is -2.28. The summed E-state index contributed by atoms with van der Waals surface area (Å²) in [6, 6.07) is 0. The maximum Gasteiger partial charge on any atom is 0.167 e. The number of ketones is 1. The van der Waals surface area contributed by atoms with Crippen molar-refractivity contribution in [3.63, 3.8) is 0 Å². The first-order valence-corrected chi connectivity index (χ1v) is 6.59. The molecular weight excluding hydrogens is 216 g/mol. The van der Waals surface area contributed by atoms with E-state index in [-0.39, 0.29) is 29.0 Å². The van der Waals surface area contributed by atoms with Crippen molar-refractivity contribution in [3.8, 4) is 0 Å². The maximum absolute atomic E-state index is 12.5. The molecule has 0 radical (unpaired) electrons. The van der Waals surface area contributed by atoms with E-state index in [1.165, 1.54) is 0 Å². The molecule has 1 rings (SSSR count). The van der Waals surface area contributed by atoms with Gasteiger partial charge in [0, 0.05) is 6.61 Å². The largest absolute Gasteiger partial charge is 0.371 e. The van der Waals surface area contributed by atoms with E-state index in [1.807, 2.05) is 41.5 Å². The second kappa shape index (κ2) is 5.07. The van der Waals surface area contributed by atoms with E-state index in [0.29, 0.717) is 6.61 Å². The van der Waals surface area contributed by atoms with Gasteiger partial charge in [-0.3, -0.25) is 4.79 Å². The average molecular weight is 242 g/mol. The van der Waals surface area contributed by atoms with E-state index >= 15 is 0 Å². The lowest BCUT2D eigenvalue weighted by atomic mass is 9.82. The van der Waals surface area contributed by atoms with Gasteiger partial charge in [-0.1, -0.05) is 6.92 Å². The Morgan fingerprint density at radius 2 is 1.94 bits per heavy atom. The van der Waals surface area contributed by atoms with Crippen LogP contribution < -0.4 is 0 Å². The Morgan fingerprint density at radius 3 is 2.29 bits per heavy atom. The molecule has 3 heteroatoms. The van der Waals surface area contributed by atoms with Gasteiger partial charge in [-0.15, -0.1) is 0 Å². The van der Waals surface area contributed by atoms with Gasteiger partial charge in [0.2, 0.25) is 0 Å². The molecule has 0 aromatic rings. The first-order chi connectivity index (χ1) is 7.73. The van der Waals surface area contributed by atoms with Crippen molar-refractivity contribution in [1.29, 1.82) is 0 Å². The van der Waals surface area contributed by atoms with Crippen LogP contribution in [0.15, 0.2) is 0 Å². The Hall–Kier alpha value is -0.410. The van der Waals surface area contributed by atoms with Crippen LogP contribution in [0.4, 0.5) is 0 Å². The van der Waals surface area contributed by atoms with E-state index < -0.39 is 0 Å². The highest BCUT2D eigenvalue weighted by Crippen LogP contribution is 2.43. The number of hydrogen-bond acceptors (Lipinski definition) is 3. The van der Waals surface area contributed by atoms with E-state index in [2.05, 4.69) is 0 Å². The van der Waals surface area contributed by atoms with Crippen LogP contribution in [0.1, 0.15) is 54.4 Å². The van der Waals surface area contributed by atoms with Crippen molar-refractivity contribution in [2.45, 2.75) is 71.7 Å². The van der Waals surface area contributed by atoms with Crippen LogP contribution in [-0.2, 0) is 14.3 Å². The van der Waals surface area contributed by atoms with Gasteiger partial charge in [0.1, 0.15) is 6.10 Å². The first-order valence-electron chi connectivity index (χ1n) is 6.59. The number of Topliss-reactive ketones (excluding diaryl/α,β-unsaturated/α-hetero) is 1. The van der Waals surface area contributed by atoms with E-state index in [4.69, 9.17) is 9.47 Å². The zero-order chi connectivity index (χ0) is 13.3. The Balaban J connectivity index is 2.81. The van der Waals surface area contributed by atoms with Crippen molar-refractivity contribution in [2.24, 2.45) is 5.92 Å². The maximum atomic E-state index is 12.5. The fourth-order valence-electron chi connectivity index (χ4n) is 2.83. The van der Waals surface area contributed by atoms with E-state index in [0.717, 1.165) is 12.8 Å². The molecule has 0 saturated carbocycles. The van der Waals surface area contributed by atoms with Crippen molar-refractivity contribution < 1.29 is 14.3 Å². The minimum absolute atomic E-state index is 0.0611. The summed E-state index contributed by atoms with van der Waals surface area (Å²) in [4.78, 5) is 12.5. The third-order valence-corrected chi connectivity index (χ3v) is 3.47. The molecule has 2 unspecified atom stereocenters. The average Bonchev–Trinajstić information content (AvgIpc) is 2.42. The minimum atomic E-state index is -0.384. The summed E-state index contributed by atoms with van der Waals surface area (Å²) in [7, 11) is 0. The van der Waals surface area contributed by atoms with Gasteiger partial charge in [-0.05, 0) is 47.5 Å². The summed E-state index contributed by atoms with van der Waals surface area (Å²) >= 11 is 0. The fraction of sp³-hybridized carbons (Fsp3) is 0.929. The predicted molar refractivity (Wildman–Crippen MR) is 68.1 cm³/mol. The SMILES string of the molecule is CCOC(CC)C(=O)C1CC(C)(C)OC1(C)C. The van der Waals surface area contributed by atoms with Crippen molar-refractivity contribution >= 4 is 5.78 Å². The van der Waals surface area contributed by atoms with Crippen LogP contribution in [0.25, 0.3) is 0 Å². The van der Waals surface area contributed by atoms with E-state index in [1.54, 1.807) is 0 Å². The molecule has 0 amide bonds. The highest BCUT2D eigenvalue weighted by atomic mass is 16.5. The summed E-state index contributed by atoms with van der Waals surface area (Å²) in [5.74, 6) is 0.138. The Morgan fingerprint density at radius 1 is 1.35 bits per heavy atom. The van der Waals surface area contributed by atoms with Gasteiger partial charge >= 0.3 is 0 Å². The molecule has 0 spiro atoms. The van der Waals surface area contributed by atoms with Crippen LogP contribution in [0.5, 0.6) is 0 Å². The summed E-state index contributed by atoms with van der Waals surface area (Å²) in [5.41, 5.74) is -0.598. The normalized spacial score (nSPS) is 28.0. The fourth-order valence-corrected chi connectivity index (χ4v) is 2.83. The molecule has 1 aliphatic heterocycles. The quantitative estimate of drug-likeness (QED) is 0.743. The third kappa shape index (κ3) is 3.29. The molecule has 1 heterocycles. The summed E-state index contributed by atoms with van der Waals surface area (Å²) in [6.07, 6.45) is 1.24. The Labute approximate surface area is 105 Å². The predicted octanol–water partition coefficient (Wildman–Crippen LogP) is 2.96. The number of ether oxygens (including phenoxy) is 2. The summed E-state index contributed by atoms with van der Waals surface area (Å²) in [5, 5.41) is 0. The molecule has 2 atom stereocenters. The minimum Gasteiger partial charge on any atom is -0.371 e. The highest BCUT2D eigenvalue weighted by Gasteiger charge is 2.50. The van der Waals surface area contributed by atoms with Crippen LogP contribution in [-0.4, -0.2) is 29.7 Å². The molecule has 0 aromatic carbocycles. The van der Waals surface area contributed by atoms with Gasteiger partial charge in [0.25, 0.3) is 0 Å². The molecule has 0 aromatic heterocycles. The van der Waals surface area contributed by atoms with Crippen molar-refractivity contribution in [3.05, 3.63) is 0 Å². The van der Waals surface area contributed by atoms with E-state index in [9.17, 15) is 4.79 Å². The molecule has 17 heavy (non-hydrogen) atoms. The van der Waals surface area contributed by atoms with Crippen LogP contribution in [0.3, 0.4) is 0 Å². The van der Waals surface area contributed by atoms with Crippen LogP contribution in [0.2, 0.25) is 0 Å². The number of carbonyl (C=O) groups excluding carboxylic acids is 1. The zero-order valence-corrected chi connectivity index (χ0v) is 12.0. The zero-order valence-electron chi connectivity index (χ0n) is 12.0.